The maximum Gasteiger partial charge on any atom is 0.241 e. The van der Waals surface area contributed by atoms with E-state index in [0.717, 1.165) is 28.1 Å². The lowest BCUT2D eigenvalue weighted by Crippen LogP contribution is -2.36. The first-order chi connectivity index (χ1) is 16.5. The summed E-state index contributed by atoms with van der Waals surface area (Å²) in [7, 11) is 6.27. The second-order valence-corrected chi connectivity index (χ2v) is 8.90. The van der Waals surface area contributed by atoms with Crippen LogP contribution in [-0.4, -0.2) is 56.8 Å². The standard InChI is InChI=1S/C24H29N3O5S2/c1-29-19-7-6-14(10-18(19)26-24(28)17(25)8-9-33-5)16-13-34-27-22(16)15-11-20(30-2)23(32-4)21(12-15)31-3/h6-7,10-13,17H,8-9,25H2,1-5H3,(H,26,28). The Kier molecular flexibility index (Phi) is 9.03. The zero-order chi connectivity index (χ0) is 24.7. The number of ether oxygens (including phenoxy) is 4. The molecule has 10 heteroatoms. The van der Waals surface area contributed by atoms with Gasteiger partial charge in [0, 0.05) is 16.5 Å². The molecule has 1 heterocycles. The molecule has 34 heavy (non-hydrogen) atoms. The third-order valence-corrected chi connectivity index (χ3v) is 6.52. The van der Waals surface area contributed by atoms with Gasteiger partial charge in [-0.3, -0.25) is 4.79 Å². The summed E-state index contributed by atoms with van der Waals surface area (Å²) in [6, 6.07) is 8.72. The second kappa shape index (κ2) is 12.0. The number of nitrogens with two attached hydrogens (primary N) is 1. The number of thioether (sulfide) groups is 1. The van der Waals surface area contributed by atoms with Gasteiger partial charge in [-0.15, -0.1) is 0 Å². The van der Waals surface area contributed by atoms with Crippen LogP contribution in [0.3, 0.4) is 0 Å². The van der Waals surface area contributed by atoms with Crippen molar-refractivity contribution in [3.05, 3.63) is 35.7 Å². The molecule has 0 saturated carbocycles. The number of rotatable bonds is 11. The van der Waals surface area contributed by atoms with E-state index in [4.69, 9.17) is 24.7 Å². The quantitative estimate of drug-likeness (QED) is 0.393. The van der Waals surface area contributed by atoms with Crippen LogP contribution in [0, 0.1) is 0 Å². The molecule has 182 valence electrons. The maximum absolute atomic E-state index is 12.6. The second-order valence-electron chi connectivity index (χ2n) is 7.28. The van der Waals surface area contributed by atoms with Gasteiger partial charge in [-0.05, 0) is 59.8 Å². The van der Waals surface area contributed by atoms with E-state index < -0.39 is 6.04 Å². The van der Waals surface area contributed by atoms with Crippen molar-refractivity contribution in [2.24, 2.45) is 5.73 Å². The van der Waals surface area contributed by atoms with Crippen LogP contribution in [0.4, 0.5) is 5.69 Å². The fourth-order valence-corrected chi connectivity index (χ4v) is 4.65. The SMILES string of the molecule is COc1ccc(-c2csnc2-c2cc(OC)c(OC)c(OC)c2)cc1NC(=O)C(N)CCSC. The van der Waals surface area contributed by atoms with E-state index in [0.29, 0.717) is 35.1 Å². The van der Waals surface area contributed by atoms with Crippen molar-refractivity contribution in [3.63, 3.8) is 0 Å². The van der Waals surface area contributed by atoms with Gasteiger partial charge in [0.25, 0.3) is 0 Å². The summed E-state index contributed by atoms with van der Waals surface area (Å²) in [5.74, 6) is 2.70. The summed E-state index contributed by atoms with van der Waals surface area (Å²) in [5, 5.41) is 4.87. The largest absolute Gasteiger partial charge is 0.495 e. The number of hydrogen-bond acceptors (Lipinski definition) is 9. The molecule has 0 bridgehead atoms. The molecule has 8 nitrogen and oxygen atoms in total. The van der Waals surface area contributed by atoms with Crippen LogP contribution in [0.5, 0.6) is 23.0 Å². The number of aromatic nitrogens is 1. The lowest BCUT2D eigenvalue weighted by atomic mass is 10.0. The van der Waals surface area contributed by atoms with Gasteiger partial charge in [-0.2, -0.15) is 16.1 Å². The van der Waals surface area contributed by atoms with Crippen molar-refractivity contribution in [1.82, 2.24) is 4.37 Å². The van der Waals surface area contributed by atoms with E-state index in [1.807, 2.05) is 42.0 Å². The van der Waals surface area contributed by atoms with Crippen molar-refractivity contribution in [3.8, 4) is 45.4 Å². The molecule has 3 aromatic rings. The number of carbonyl (C=O) groups is 1. The van der Waals surface area contributed by atoms with Gasteiger partial charge in [0.1, 0.15) is 5.75 Å². The maximum atomic E-state index is 12.6. The summed E-state index contributed by atoms with van der Waals surface area (Å²) in [6.07, 6.45) is 2.58. The molecule has 1 unspecified atom stereocenters. The highest BCUT2D eigenvalue weighted by Gasteiger charge is 2.20. The van der Waals surface area contributed by atoms with Gasteiger partial charge in [0.15, 0.2) is 11.5 Å². The molecule has 2 aromatic carbocycles. The van der Waals surface area contributed by atoms with E-state index in [1.165, 1.54) is 11.5 Å². The molecule has 0 aliphatic carbocycles. The van der Waals surface area contributed by atoms with E-state index in [1.54, 1.807) is 40.2 Å². The zero-order valence-electron chi connectivity index (χ0n) is 19.8. The minimum atomic E-state index is -0.599. The Morgan fingerprint density at radius 1 is 1.03 bits per heavy atom. The number of hydrogen-bond donors (Lipinski definition) is 2. The topological polar surface area (TPSA) is 105 Å². The van der Waals surface area contributed by atoms with Gasteiger partial charge in [0.05, 0.1) is 45.9 Å². The minimum Gasteiger partial charge on any atom is -0.495 e. The Morgan fingerprint density at radius 2 is 1.71 bits per heavy atom. The van der Waals surface area contributed by atoms with Crippen LogP contribution in [0.1, 0.15) is 6.42 Å². The first kappa shape index (κ1) is 25.7. The highest BCUT2D eigenvalue weighted by molar-refractivity contribution is 7.98. The summed E-state index contributed by atoms with van der Waals surface area (Å²) in [4.78, 5) is 12.6. The Hall–Kier alpha value is -2.95. The van der Waals surface area contributed by atoms with Gasteiger partial charge >= 0.3 is 0 Å². The first-order valence-corrected chi connectivity index (χ1v) is 12.7. The van der Waals surface area contributed by atoms with Crippen LogP contribution in [0.15, 0.2) is 35.7 Å². The number of nitrogens with zero attached hydrogens (tertiary/aromatic N) is 1. The monoisotopic (exact) mass is 503 g/mol. The molecule has 0 aliphatic heterocycles. The van der Waals surface area contributed by atoms with Crippen LogP contribution >= 0.6 is 23.3 Å². The van der Waals surface area contributed by atoms with E-state index in [9.17, 15) is 4.79 Å². The number of carbonyl (C=O) groups excluding carboxylic acids is 1. The Morgan fingerprint density at radius 3 is 2.29 bits per heavy atom. The van der Waals surface area contributed by atoms with Crippen LogP contribution in [0.25, 0.3) is 22.4 Å². The Bertz CT molecular complexity index is 1110. The fraction of sp³-hybridized carbons (Fsp3) is 0.333. The lowest BCUT2D eigenvalue weighted by molar-refractivity contribution is -0.117. The summed E-state index contributed by atoms with van der Waals surface area (Å²) >= 11 is 2.99. The molecular weight excluding hydrogens is 474 g/mol. The number of amides is 1. The predicted molar refractivity (Wildman–Crippen MR) is 139 cm³/mol. The molecule has 3 rings (SSSR count). The first-order valence-electron chi connectivity index (χ1n) is 10.5. The third-order valence-electron chi connectivity index (χ3n) is 5.25. The third kappa shape index (κ3) is 5.57. The van der Waals surface area contributed by atoms with Crippen molar-refractivity contribution >= 4 is 34.9 Å². The molecule has 0 spiro atoms. The number of benzene rings is 2. The summed E-state index contributed by atoms with van der Waals surface area (Å²) < 4.78 is 26.5. The van der Waals surface area contributed by atoms with Gasteiger partial charge in [0.2, 0.25) is 11.7 Å². The number of nitrogens with one attached hydrogen (secondary N) is 1. The van der Waals surface area contributed by atoms with Crippen molar-refractivity contribution in [1.29, 1.82) is 0 Å². The molecule has 0 saturated heterocycles. The van der Waals surface area contributed by atoms with E-state index in [-0.39, 0.29) is 5.91 Å². The van der Waals surface area contributed by atoms with Crippen molar-refractivity contribution in [2.75, 3.05) is 45.8 Å². The molecule has 0 aliphatic rings. The van der Waals surface area contributed by atoms with E-state index in [2.05, 4.69) is 9.69 Å². The van der Waals surface area contributed by atoms with Crippen LogP contribution < -0.4 is 30.0 Å². The highest BCUT2D eigenvalue weighted by Crippen LogP contribution is 2.44. The number of anilines is 1. The predicted octanol–water partition coefficient (Wildman–Crippen LogP) is 4.53. The molecule has 0 fully saturated rings. The van der Waals surface area contributed by atoms with Gasteiger partial charge in [-0.1, -0.05) is 6.07 Å². The average Bonchev–Trinajstić information content (AvgIpc) is 3.36. The minimum absolute atomic E-state index is 0.252. The molecular formula is C24H29N3O5S2. The highest BCUT2D eigenvalue weighted by atomic mass is 32.2. The van der Waals surface area contributed by atoms with Gasteiger partial charge < -0.3 is 30.0 Å². The Balaban J connectivity index is 2.00. The zero-order valence-corrected chi connectivity index (χ0v) is 21.5. The lowest BCUT2D eigenvalue weighted by Gasteiger charge is -2.16. The summed E-state index contributed by atoms with van der Waals surface area (Å²) in [6.45, 7) is 0. The summed E-state index contributed by atoms with van der Waals surface area (Å²) in [5.41, 5.74) is 9.92. The van der Waals surface area contributed by atoms with Crippen LogP contribution in [-0.2, 0) is 4.79 Å². The molecule has 1 atom stereocenters. The molecule has 1 amide bonds. The van der Waals surface area contributed by atoms with E-state index >= 15 is 0 Å². The van der Waals surface area contributed by atoms with Crippen LogP contribution in [0.2, 0.25) is 0 Å². The van der Waals surface area contributed by atoms with Gasteiger partial charge in [-0.25, -0.2) is 0 Å². The van der Waals surface area contributed by atoms with Crippen molar-refractivity contribution < 1.29 is 23.7 Å². The number of methoxy groups -OCH3 is 4. The average molecular weight is 504 g/mol. The molecule has 1 aromatic heterocycles. The smallest absolute Gasteiger partial charge is 0.241 e. The van der Waals surface area contributed by atoms with Crippen molar-refractivity contribution in [2.45, 2.75) is 12.5 Å². The molecule has 3 N–H and O–H groups in total. The molecule has 0 radical (unpaired) electrons. The normalized spacial score (nSPS) is 11.6. The Labute approximate surface area is 207 Å². The fourth-order valence-electron chi connectivity index (χ4n) is 3.44.